The average Bonchev–Trinajstić information content (AvgIpc) is 2.88. The van der Waals surface area contributed by atoms with E-state index in [9.17, 15) is 4.79 Å². The van der Waals surface area contributed by atoms with Crippen molar-refractivity contribution < 1.29 is 9.53 Å². The molecular formula is C20H36N6O2. The first-order chi connectivity index (χ1) is 13.2. The maximum atomic E-state index is 12.1. The van der Waals surface area contributed by atoms with E-state index in [4.69, 9.17) is 9.73 Å². The van der Waals surface area contributed by atoms with E-state index in [1.54, 1.807) is 4.90 Å². The number of aliphatic imine (C=N–C) groups is 1. The van der Waals surface area contributed by atoms with Gasteiger partial charge in [0.25, 0.3) is 0 Å². The zero-order valence-corrected chi connectivity index (χ0v) is 18.4. The van der Waals surface area contributed by atoms with Crippen molar-refractivity contribution in [1.82, 2.24) is 25.3 Å². The molecule has 8 nitrogen and oxygen atoms in total. The number of carbonyl (C=O) groups excluding carboxylic acids is 1. The van der Waals surface area contributed by atoms with Gasteiger partial charge in [-0.3, -0.25) is 4.68 Å². The summed E-state index contributed by atoms with van der Waals surface area (Å²) in [5.41, 5.74) is 3.09. The zero-order valence-electron chi connectivity index (χ0n) is 18.4. The molecule has 1 amide bonds. The third-order valence-electron chi connectivity index (χ3n) is 4.64. The first kappa shape index (κ1) is 22.0. The summed E-state index contributed by atoms with van der Waals surface area (Å²) in [4.78, 5) is 18.6. The van der Waals surface area contributed by atoms with E-state index >= 15 is 0 Å². The summed E-state index contributed by atoms with van der Waals surface area (Å²) in [7, 11) is 1.99. The molecule has 0 radical (unpaired) electrons. The molecule has 0 saturated carbocycles. The number of amides is 1. The number of hydrogen-bond donors (Lipinski definition) is 2. The van der Waals surface area contributed by atoms with E-state index in [2.05, 4.69) is 29.6 Å². The number of ether oxygens (including phenoxy) is 1. The van der Waals surface area contributed by atoms with Gasteiger partial charge in [0, 0.05) is 37.9 Å². The van der Waals surface area contributed by atoms with E-state index in [0.29, 0.717) is 19.6 Å². The van der Waals surface area contributed by atoms with Gasteiger partial charge in [0.15, 0.2) is 5.96 Å². The molecule has 8 heteroatoms. The van der Waals surface area contributed by atoms with Crippen LogP contribution in [0.15, 0.2) is 4.99 Å². The number of nitrogens with one attached hydrogen (secondary N) is 2. The van der Waals surface area contributed by atoms with Crippen molar-refractivity contribution in [2.45, 2.75) is 72.6 Å². The number of aryl methyl sites for hydroxylation is 2. The fraction of sp³-hybridized carbons (Fsp3) is 0.750. The Balaban J connectivity index is 1.97. The molecule has 1 aliphatic rings. The first-order valence-corrected chi connectivity index (χ1v) is 10.2. The molecule has 1 aliphatic heterocycles. The average molecular weight is 393 g/mol. The van der Waals surface area contributed by atoms with Gasteiger partial charge in [0.05, 0.1) is 18.3 Å². The Hall–Kier alpha value is -2.25. The van der Waals surface area contributed by atoms with Gasteiger partial charge in [-0.05, 0) is 40.5 Å². The molecule has 28 heavy (non-hydrogen) atoms. The Morgan fingerprint density at radius 1 is 1.25 bits per heavy atom. The maximum Gasteiger partial charge on any atom is 0.410 e. The highest BCUT2D eigenvalue weighted by atomic mass is 16.6. The standard InChI is InChI=1S/C20H36N6O2/c1-8-16-15(17(9-2)25(7)24-16)11-22-18(21-10-3)23-14-12-26(13-14)19(27)28-20(4,5)6/h14H,8-13H2,1-7H3,(H2,21,22,23). The molecule has 158 valence electrons. The van der Waals surface area contributed by atoms with Crippen molar-refractivity contribution in [3.8, 4) is 0 Å². The summed E-state index contributed by atoms with van der Waals surface area (Å²) in [5.74, 6) is 0.768. The lowest BCUT2D eigenvalue weighted by Gasteiger charge is -2.40. The van der Waals surface area contributed by atoms with E-state index in [1.807, 2.05) is 39.4 Å². The van der Waals surface area contributed by atoms with Crippen LogP contribution in [0.3, 0.4) is 0 Å². The van der Waals surface area contributed by atoms with Gasteiger partial charge in [0.2, 0.25) is 0 Å². The third kappa shape index (κ3) is 5.62. The fourth-order valence-corrected chi connectivity index (χ4v) is 3.29. The fourth-order valence-electron chi connectivity index (χ4n) is 3.29. The van der Waals surface area contributed by atoms with E-state index in [-0.39, 0.29) is 12.1 Å². The van der Waals surface area contributed by atoms with E-state index in [0.717, 1.165) is 31.0 Å². The monoisotopic (exact) mass is 392 g/mol. The SMILES string of the molecule is CCNC(=NCc1c(CC)nn(C)c1CC)NC1CN(C(=O)OC(C)(C)C)C1. The zero-order chi connectivity index (χ0) is 20.9. The van der Waals surface area contributed by atoms with E-state index in [1.165, 1.54) is 11.3 Å². The minimum absolute atomic E-state index is 0.176. The van der Waals surface area contributed by atoms with Gasteiger partial charge in [-0.15, -0.1) is 0 Å². The number of hydrogen-bond acceptors (Lipinski definition) is 4. The molecule has 1 aromatic heterocycles. The van der Waals surface area contributed by atoms with Crippen LogP contribution in [0.1, 0.15) is 58.5 Å². The van der Waals surface area contributed by atoms with Gasteiger partial charge in [-0.25, -0.2) is 9.79 Å². The molecule has 1 aromatic rings. The summed E-state index contributed by atoms with van der Waals surface area (Å²) in [6.45, 7) is 14.6. The smallest absolute Gasteiger partial charge is 0.410 e. The lowest BCUT2D eigenvalue weighted by molar-refractivity contribution is 0.00700. The number of carbonyl (C=O) groups is 1. The van der Waals surface area contributed by atoms with Crippen LogP contribution in [-0.4, -0.2) is 58.0 Å². The number of likely N-dealkylation sites (tertiary alicyclic amines) is 1. The summed E-state index contributed by atoms with van der Waals surface area (Å²) >= 11 is 0. The van der Waals surface area contributed by atoms with Crippen LogP contribution in [0.4, 0.5) is 4.79 Å². The van der Waals surface area contributed by atoms with Crippen LogP contribution in [0, 0.1) is 0 Å². The van der Waals surface area contributed by atoms with Crippen molar-refractivity contribution >= 4 is 12.1 Å². The van der Waals surface area contributed by atoms with Crippen LogP contribution < -0.4 is 10.6 Å². The molecule has 0 spiro atoms. The molecule has 2 heterocycles. The molecule has 1 fully saturated rings. The highest BCUT2D eigenvalue weighted by molar-refractivity contribution is 5.80. The van der Waals surface area contributed by atoms with Gasteiger partial charge >= 0.3 is 6.09 Å². The van der Waals surface area contributed by atoms with Crippen molar-refractivity contribution in [3.05, 3.63) is 17.0 Å². The molecule has 0 atom stereocenters. The topological polar surface area (TPSA) is 83.8 Å². The second-order valence-corrected chi connectivity index (χ2v) is 8.12. The summed E-state index contributed by atoms with van der Waals surface area (Å²) < 4.78 is 7.37. The maximum absolute atomic E-state index is 12.1. The Bertz CT molecular complexity index is 698. The molecule has 2 N–H and O–H groups in total. The Morgan fingerprint density at radius 3 is 2.46 bits per heavy atom. The largest absolute Gasteiger partial charge is 0.444 e. The molecule has 0 bridgehead atoms. The molecule has 0 aliphatic carbocycles. The predicted octanol–water partition coefficient (Wildman–Crippen LogP) is 2.22. The second kappa shape index (κ2) is 9.30. The normalized spacial score (nSPS) is 15.4. The minimum Gasteiger partial charge on any atom is -0.444 e. The highest BCUT2D eigenvalue weighted by Gasteiger charge is 2.34. The molecule has 1 saturated heterocycles. The highest BCUT2D eigenvalue weighted by Crippen LogP contribution is 2.17. The molecule has 2 rings (SSSR count). The van der Waals surface area contributed by atoms with Crippen molar-refractivity contribution in [2.24, 2.45) is 12.0 Å². The van der Waals surface area contributed by atoms with Crippen molar-refractivity contribution in [2.75, 3.05) is 19.6 Å². The summed E-state index contributed by atoms with van der Waals surface area (Å²) in [6, 6.07) is 0.176. The molecule has 0 unspecified atom stereocenters. The van der Waals surface area contributed by atoms with Crippen LogP contribution in [-0.2, 0) is 31.2 Å². The minimum atomic E-state index is -0.469. The van der Waals surface area contributed by atoms with Gasteiger partial charge in [-0.1, -0.05) is 13.8 Å². The number of nitrogens with zero attached hydrogens (tertiary/aromatic N) is 4. The lowest BCUT2D eigenvalue weighted by atomic mass is 10.1. The van der Waals surface area contributed by atoms with Crippen molar-refractivity contribution in [1.29, 1.82) is 0 Å². The van der Waals surface area contributed by atoms with Gasteiger partial charge < -0.3 is 20.3 Å². The molecular weight excluding hydrogens is 356 g/mol. The van der Waals surface area contributed by atoms with Gasteiger partial charge in [-0.2, -0.15) is 5.10 Å². The quantitative estimate of drug-likeness (QED) is 0.573. The van der Waals surface area contributed by atoms with E-state index < -0.39 is 5.60 Å². The first-order valence-electron chi connectivity index (χ1n) is 10.2. The van der Waals surface area contributed by atoms with Crippen LogP contribution in [0.5, 0.6) is 0 Å². The summed E-state index contributed by atoms with van der Waals surface area (Å²) in [5, 5.41) is 11.3. The van der Waals surface area contributed by atoms with Crippen molar-refractivity contribution in [3.63, 3.8) is 0 Å². The third-order valence-corrected chi connectivity index (χ3v) is 4.64. The molecule has 0 aromatic carbocycles. The lowest BCUT2D eigenvalue weighted by Crippen LogP contribution is -2.63. The van der Waals surface area contributed by atoms with Crippen LogP contribution >= 0.6 is 0 Å². The second-order valence-electron chi connectivity index (χ2n) is 8.12. The summed E-state index contributed by atoms with van der Waals surface area (Å²) in [6.07, 6.45) is 1.57. The predicted molar refractivity (Wildman–Crippen MR) is 112 cm³/mol. The number of aromatic nitrogens is 2. The van der Waals surface area contributed by atoms with Gasteiger partial charge in [0.1, 0.15) is 5.60 Å². The Labute approximate surface area is 168 Å². The van der Waals surface area contributed by atoms with Crippen LogP contribution in [0.2, 0.25) is 0 Å². The van der Waals surface area contributed by atoms with Crippen LogP contribution in [0.25, 0.3) is 0 Å². The number of rotatable bonds is 6. The number of guanidine groups is 1. The Morgan fingerprint density at radius 2 is 1.93 bits per heavy atom. The Kier molecular flexibility index (Phi) is 7.32.